The number of aryl methyl sites for hydroxylation is 1. The van der Waals surface area contributed by atoms with Crippen LogP contribution in [0.1, 0.15) is 24.5 Å². The zero-order valence-electron chi connectivity index (χ0n) is 12.4. The van der Waals surface area contributed by atoms with Crippen LogP contribution in [0.2, 0.25) is 0 Å². The molecular formula is C15H18N2O4. The first-order chi connectivity index (χ1) is 9.99. The summed E-state index contributed by atoms with van der Waals surface area (Å²) in [6.45, 7) is 4.04. The summed E-state index contributed by atoms with van der Waals surface area (Å²) in [5.74, 6) is -0.951. The molecular weight excluding hydrogens is 272 g/mol. The number of imide groups is 2. The van der Waals surface area contributed by atoms with Gasteiger partial charge in [-0.05, 0) is 19.4 Å². The topological polar surface area (TPSA) is 66.9 Å². The molecule has 0 saturated carbocycles. The van der Waals surface area contributed by atoms with E-state index in [0.717, 1.165) is 15.4 Å². The Morgan fingerprint density at radius 3 is 2.38 bits per heavy atom. The van der Waals surface area contributed by atoms with Crippen molar-refractivity contribution in [3.63, 3.8) is 0 Å². The Kier molecular flexibility index (Phi) is 4.26. The Hall–Kier alpha value is -2.37. The fourth-order valence-electron chi connectivity index (χ4n) is 2.31. The summed E-state index contributed by atoms with van der Waals surface area (Å²) in [6.07, 6.45) is 0.617. The molecule has 1 aliphatic heterocycles. The molecule has 1 fully saturated rings. The number of amides is 4. The van der Waals surface area contributed by atoms with Gasteiger partial charge in [0.05, 0.1) is 13.7 Å². The van der Waals surface area contributed by atoms with Gasteiger partial charge in [-0.3, -0.25) is 19.4 Å². The van der Waals surface area contributed by atoms with Crippen LogP contribution >= 0.6 is 0 Å². The molecule has 0 aliphatic carbocycles. The number of rotatable bonds is 5. The second-order valence-electron chi connectivity index (χ2n) is 4.95. The van der Waals surface area contributed by atoms with Gasteiger partial charge < -0.3 is 4.74 Å². The summed E-state index contributed by atoms with van der Waals surface area (Å²) >= 11 is 0. The van der Waals surface area contributed by atoms with E-state index in [1.165, 1.54) is 7.11 Å². The summed E-state index contributed by atoms with van der Waals surface area (Å²) in [6, 6.07) is 4.94. The maximum Gasteiger partial charge on any atom is 0.334 e. The van der Waals surface area contributed by atoms with Crippen LogP contribution < -0.4 is 4.74 Å². The summed E-state index contributed by atoms with van der Waals surface area (Å²) < 4.78 is 5.23. The second-order valence-corrected chi connectivity index (χ2v) is 4.95. The fraction of sp³-hybridized carbons (Fsp3) is 0.400. The van der Waals surface area contributed by atoms with Crippen molar-refractivity contribution in [2.75, 3.05) is 13.7 Å². The van der Waals surface area contributed by atoms with Crippen LogP contribution in [0.25, 0.3) is 0 Å². The molecule has 2 rings (SSSR count). The normalized spacial score (nSPS) is 15.1. The molecule has 0 aromatic heterocycles. The van der Waals surface area contributed by atoms with E-state index in [2.05, 4.69) is 0 Å². The Morgan fingerprint density at radius 2 is 1.76 bits per heavy atom. The number of carbonyl (C=O) groups is 3. The van der Waals surface area contributed by atoms with Crippen LogP contribution in [0.5, 0.6) is 5.75 Å². The number of methoxy groups -OCH3 is 1. The zero-order chi connectivity index (χ0) is 15.6. The Balaban J connectivity index is 2.27. The molecule has 21 heavy (non-hydrogen) atoms. The third kappa shape index (κ3) is 2.74. The van der Waals surface area contributed by atoms with Crippen LogP contribution in [0, 0.1) is 6.92 Å². The second kappa shape index (κ2) is 5.95. The van der Waals surface area contributed by atoms with E-state index in [4.69, 9.17) is 4.74 Å². The first-order valence-electron chi connectivity index (χ1n) is 6.80. The number of hydrogen-bond donors (Lipinski definition) is 0. The number of nitrogens with zero attached hydrogens (tertiary/aromatic N) is 2. The minimum Gasteiger partial charge on any atom is -0.496 e. The number of benzene rings is 1. The van der Waals surface area contributed by atoms with Crippen molar-refractivity contribution in [2.45, 2.75) is 26.8 Å². The highest BCUT2D eigenvalue weighted by Gasteiger charge is 2.43. The third-order valence-electron chi connectivity index (χ3n) is 3.35. The molecule has 0 unspecified atom stereocenters. The van der Waals surface area contributed by atoms with Gasteiger partial charge in [0, 0.05) is 12.1 Å². The van der Waals surface area contributed by atoms with Gasteiger partial charge in [-0.1, -0.05) is 24.6 Å². The lowest BCUT2D eigenvalue weighted by atomic mass is 10.1. The predicted molar refractivity (Wildman–Crippen MR) is 75.7 cm³/mol. The van der Waals surface area contributed by atoms with Crippen LogP contribution in [0.15, 0.2) is 18.2 Å². The van der Waals surface area contributed by atoms with E-state index in [-0.39, 0.29) is 13.1 Å². The number of hydrogen-bond acceptors (Lipinski definition) is 4. The minimum absolute atomic E-state index is 0.0362. The number of urea groups is 1. The average Bonchev–Trinajstić information content (AvgIpc) is 2.66. The summed E-state index contributed by atoms with van der Waals surface area (Å²) in [4.78, 5) is 37.9. The van der Waals surface area contributed by atoms with Gasteiger partial charge in [0.2, 0.25) is 0 Å². The molecule has 112 valence electrons. The molecule has 6 nitrogen and oxygen atoms in total. The molecule has 1 heterocycles. The molecule has 0 spiro atoms. The van der Waals surface area contributed by atoms with Crippen molar-refractivity contribution in [3.05, 3.63) is 29.3 Å². The smallest absolute Gasteiger partial charge is 0.334 e. The maximum absolute atomic E-state index is 12.2. The van der Waals surface area contributed by atoms with Crippen molar-refractivity contribution in [2.24, 2.45) is 0 Å². The summed E-state index contributed by atoms with van der Waals surface area (Å²) in [5, 5.41) is 0. The number of carbonyl (C=O) groups excluding carboxylic acids is 3. The zero-order valence-corrected chi connectivity index (χ0v) is 12.4. The van der Waals surface area contributed by atoms with Gasteiger partial charge in [-0.2, -0.15) is 0 Å². The minimum atomic E-state index is -0.781. The van der Waals surface area contributed by atoms with Crippen LogP contribution in [-0.2, 0) is 16.1 Å². The molecule has 0 atom stereocenters. The lowest BCUT2D eigenvalue weighted by Crippen LogP contribution is -2.33. The van der Waals surface area contributed by atoms with Crippen molar-refractivity contribution in [3.8, 4) is 5.75 Å². The quantitative estimate of drug-likeness (QED) is 0.611. The average molecular weight is 290 g/mol. The van der Waals surface area contributed by atoms with Crippen LogP contribution in [0.4, 0.5) is 4.79 Å². The monoisotopic (exact) mass is 290 g/mol. The number of ether oxygens (including phenoxy) is 1. The van der Waals surface area contributed by atoms with Crippen molar-refractivity contribution >= 4 is 17.8 Å². The van der Waals surface area contributed by atoms with Gasteiger partial charge in [0.25, 0.3) is 0 Å². The van der Waals surface area contributed by atoms with E-state index in [9.17, 15) is 14.4 Å². The van der Waals surface area contributed by atoms with Crippen molar-refractivity contribution in [1.29, 1.82) is 0 Å². The molecule has 0 bridgehead atoms. The molecule has 1 saturated heterocycles. The molecule has 1 aromatic carbocycles. The standard InChI is InChI=1S/C15H18N2O4/c1-4-7-16-13(18)14(19)17(15(16)20)9-11-8-10(2)5-6-12(11)21-3/h5-6,8H,4,7,9H2,1-3H3. The molecule has 0 N–H and O–H groups in total. The van der Waals surface area contributed by atoms with E-state index in [1.807, 2.05) is 26.0 Å². The largest absolute Gasteiger partial charge is 0.496 e. The van der Waals surface area contributed by atoms with Crippen molar-refractivity contribution < 1.29 is 19.1 Å². The first kappa shape index (κ1) is 15.0. The highest BCUT2D eigenvalue weighted by Crippen LogP contribution is 2.24. The third-order valence-corrected chi connectivity index (χ3v) is 3.35. The van der Waals surface area contributed by atoms with Gasteiger partial charge >= 0.3 is 17.8 Å². The van der Waals surface area contributed by atoms with Gasteiger partial charge in [-0.25, -0.2) is 4.79 Å². The van der Waals surface area contributed by atoms with E-state index < -0.39 is 17.8 Å². The van der Waals surface area contributed by atoms with Gasteiger partial charge in [0.1, 0.15) is 5.75 Å². The SMILES string of the molecule is CCCN1C(=O)C(=O)N(Cc2cc(C)ccc2OC)C1=O. The highest BCUT2D eigenvalue weighted by atomic mass is 16.5. The van der Waals surface area contributed by atoms with Crippen LogP contribution in [0.3, 0.4) is 0 Å². The first-order valence-corrected chi connectivity index (χ1v) is 6.80. The molecule has 6 heteroatoms. The van der Waals surface area contributed by atoms with Gasteiger partial charge in [0.15, 0.2) is 0 Å². The summed E-state index contributed by atoms with van der Waals surface area (Å²) in [5.41, 5.74) is 1.69. The Labute approximate surface area is 123 Å². The highest BCUT2D eigenvalue weighted by molar-refractivity contribution is 6.44. The maximum atomic E-state index is 12.2. The summed E-state index contributed by atoms with van der Waals surface area (Å²) in [7, 11) is 1.52. The molecule has 4 amide bonds. The van der Waals surface area contributed by atoms with Gasteiger partial charge in [-0.15, -0.1) is 0 Å². The van der Waals surface area contributed by atoms with Crippen LogP contribution in [-0.4, -0.2) is 41.3 Å². The molecule has 1 aliphatic rings. The Morgan fingerprint density at radius 1 is 1.10 bits per heavy atom. The lowest BCUT2D eigenvalue weighted by Gasteiger charge is -2.17. The predicted octanol–water partition coefficient (Wildman–Crippen LogP) is 1.70. The Bertz CT molecular complexity index is 597. The molecule has 1 aromatic rings. The van der Waals surface area contributed by atoms with E-state index >= 15 is 0 Å². The lowest BCUT2D eigenvalue weighted by molar-refractivity contribution is -0.143. The van der Waals surface area contributed by atoms with Crippen molar-refractivity contribution in [1.82, 2.24) is 9.80 Å². The van der Waals surface area contributed by atoms with E-state index in [0.29, 0.717) is 17.7 Å². The molecule has 0 radical (unpaired) electrons. The fourth-order valence-corrected chi connectivity index (χ4v) is 2.31. The van der Waals surface area contributed by atoms with E-state index in [1.54, 1.807) is 6.07 Å².